The van der Waals surface area contributed by atoms with Crippen LogP contribution in [-0.4, -0.2) is 18.8 Å². The van der Waals surface area contributed by atoms with E-state index in [0.717, 1.165) is 10.5 Å². The Hall–Kier alpha value is -0.960. The Morgan fingerprint density at radius 2 is 2.00 bits per heavy atom. The highest BCUT2D eigenvalue weighted by Crippen LogP contribution is 2.32. The molecule has 0 unspecified atom stereocenters. The summed E-state index contributed by atoms with van der Waals surface area (Å²) >= 11 is 1.65. The minimum absolute atomic E-state index is 0.170. The van der Waals surface area contributed by atoms with Crippen LogP contribution in [0.4, 0.5) is 0 Å². The van der Waals surface area contributed by atoms with Crippen molar-refractivity contribution in [3.05, 3.63) is 29.8 Å². The maximum atomic E-state index is 11.9. The molecule has 0 aliphatic rings. The van der Waals surface area contributed by atoms with Gasteiger partial charge in [0, 0.05) is 4.90 Å². The fourth-order valence-corrected chi connectivity index (χ4v) is 2.34. The summed E-state index contributed by atoms with van der Waals surface area (Å²) in [5.41, 5.74) is 0.441. The Labute approximate surface area is 101 Å². The van der Waals surface area contributed by atoms with Gasteiger partial charge in [0.1, 0.15) is 0 Å². The van der Waals surface area contributed by atoms with Crippen molar-refractivity contribution >= 4 is 17.7 Å². The first-order valence-corrected chi connectivity index (χ1v) is 6.57. The lowest BCUT2D eigenvalue weighted by atomic mass is 9.85. The predicted octanol–water partition coefficient (Wildman–Crippen LogP) is 3.25. The Morgan fingerprint density at radius 3 is 2.56 bits per heavy atom. The number of thioether (sulfide) groups is 1. The van der Waals surface area contributed by atoms with Gasteiger partial charge in [-0.25, -0.2) is 0 Å². The van der Waals surface area contributed by atoms with Crippen molar-refractivity contribution in [2.24, 2.45) is 0 Å². The highest BCUT2D eigenvalue weighted by molar-refractivity contribution is 7.98. The summed E-state index contributed by atoms with van der Waals surface area (Å²) < 4.78 is 5.11. The lowest BCUT2D eigenvalue weighted by Gasteiger charge is -2.24. The molecule has 0 amide bonds. The molecule has 0 bridgehead atoms. The normalized spacial score (nSPS) is 11.2. The molecule has 0 saturated carbocycles. The first kappa shape index (κ1) is 13.1. The van der Waals surface area contributed by atoms with Crippen molar-refractivity contribution in [1.29, 1.82) is 0 Å². The molecule has 1 aromatic carbocycles. The van der Waals surface area contributed by atoms with Crippen LogP contribution in [-0.2, 0) is 14.9 Å². The Morgan fingerprint density at radius 1 is 1.38 bits per heavy atom. The number of hydrogen-bond acceptors (Lipinski definition) is 3. The molecule has 0 N–H and O–H groups in total. The molecule has 0 aliphatic carbocycles. The fraction of sp³-hybridized carbons (Fsp3) is 0.462. The second-order valence-corrected chi connectivity index (χ2v) is 4.89. The number of benzene rings is 1. The maximum Gasteiger partial charge on any atom is 0.316 e. The fourth-order valence-electron chi connectivity index (χ4n) is 1.58. The number of esters is 1. The van der Waals surface area contributed by atoms with E-state index in [1.54, 1.807) is 11.8 Å². The molecule has 16 heavy (non-hydrogen) atoms. The summed E-state index contributed by atoms with van der Waals surface area (Å²) in [5.74, 6) is -0.170. The van der Waals surface area contributed by atoms with Crippen LogP contribution < -0.4 is 0 Å². The highest BCUT2D eigenvalue weighted by Gasteiger charge is 2.32. The zero-order valence-electron chi connectivity index (χ0n) is 10.2. The Bertz CT molecular complexity index is 372. The van der Waals surface area contributed by atoms with Gasteiger partial charge in [-0.1, -0.05) is 18.2 Å². The lowest BCUT2D eigenvalue weighted by molar-refractivity contribution is -0.148. The molecule has 0 saturated heterocycles. The van der Waals surface area contributed by atoms with E-state index in [1.807, 2.05) is 51.3 Å². The van der Waals surface area contributed by atoms with Crippen molar-refractivity contribution in [1.82, 2.24) is 0 Å². The molecule has 0 aromatic heterocycles. The average Bonchev–Trinajstić information content (AvgIpc) is 2.29. The van der Waals surface area contributed by atoms with Crippen molar-refractivity contribution in [3.63, 3.8) is 0 Å². The predicted molar refractivity (Wildman–Crippen MR) is 67.9 cm³/mol. The number of carbonyl (C=O) groups is 1. The molecule has 1 aromatic rings. The zero-order chi connectivity index (χ0) is 12.2. The molecule has 0 radical (unpaired) electrons. The van der Waals surface area contributed by atoms with Gasteiger partial charge < -0.3 is 4.74 Å². The van der Waals surface area contributed by atoms with E-state index in [2.05, 4.69) is 0 Å². The van der Waals surface area contributed by atoms with Gasteiger partial charge in [-0.05, 0) is 38.7 Å². The van der Waals surface area contributed by atoms with Crippen LogP contribution in [0.1, 0.15) is 26.3 Å². The average molecular weight is 238 g/mol. The van der Waals surface area contributed by atoms with Gasteiger partial charge in [0.2, 0.25) is 0 Å². The molecular weight excluding hydrogens is 220 g/mol. The van der Waals surface area contributed by atoms with Crippen LogP contribution in [0, 0.1) is 0 Å². The third-order valence-corrected chi connectivity index (χ3v) is 3.36. The summed E-state index contributed by atoms with van der Waals surface area (Å²) in [6, 6.07) is 7.95. The zero-order valence-corrected chi connectivity index (χ0v) is 11.1. The van der Waals surface area contributed by atoms with E-state index in [1.165, 1.54) is 0 Å². The highest BCUT2D eigenvalue weighted by atomic mass is 32.2. The summed E-state index contributed by atoms with van der Waals surface area (Å²) in [6.07, 6.45) is 2.01. The minimum atomic E-state index is -0.588. The molecule has 3 heteroatoms. The number of carbonyl (C=O) groups excluding carboxylic acids is 1. The van der Waals surface area contributed by atoms with Crippen molar-refractivity contribution in [3.8, 4) is 0 Å². The molecule has 1 rings (SSSR count). The summed E-state index contributed by atoms with van der Waals surface area (Å²) in [6.45, 7) is 6.05. The first-order chi connectivity index (χ1) is 7.54. The van der Waals surface area contributed by atoms with Crippen LogP contribution in [0.25, 0.3) is 0 Å². The molecule has 0 spiro atoms. The van der Waals surface area contributed by atoms with E-state index in [9.17, 15) is 4.79 Å². The summed E-state index contributed by atoms with van der Waals surface area (Å²) in [7, 11) is 0. The van der Waals surface area contributed by atoms with Crippen molar-refractivity contribution in [2.45, 2.75) is 31.1 Å². The standard InChI is InChI=1S/C13H18O2S/c1-5-15-12(14)13(2,3)10-8-6-7-9-11(10)16-4/h6-9H,5H2,1-4H3. The maximum absolute atomic E-state index is 11.9. The molecule has 0 heterocycles. The topological polar surface area (TPSA) is 26.3 Å². The SMILES string of the molecule is CCOC(=O)C(C)(C)c1ccccc1SC. The second kappa shape index (κ2) is 5.39. The monoisotopic (exact) mass is 238 g/mol. The van der Waals surface area contributed by atoms with Gasteiger partial charge >= 0.3 is 5.97 Å². The number of hydrogen-bond donors (Lipinski definition) is 0. The van der Waals surface area contributed by atoms with E-state index in [-0.39, 0.29) is 5.97 Å². The van der Waals surface area contributed by atoms with E-state index in [4.69, 9.17) is 4.74 Å². The third kappa shape index (κ3) is 2.59. The summed E-state index contributed by atoms with van der Waals surface area (Å²) in [4.78, 5) is 13.0. The number of ether oxygens (including phenoxy) is 1. The van der Waals surface area contributed by atoms with Crippen LogP contribution in [0.2, 0.25) is 0 Å². The smallest absolute Gasteiger partial charge is 0.316 e. The second-order valence-electron chi connectivity index (χ2n) is 4.05. The van der Waals surface area contributed by atoms with Crippen LogP contribution in [0.15, 0.2) is 29.2 Å². The van der Waals surface area contributed by atoms with Gasteiger partial charge in [-0.2, -0.15) is 0 Å². The van der Waals surface area contributed by atoms with Crippen LogP contribution in [0.5, 0.6) is 0 Å². The van der Waals surface area contributed by atoms with Gasteiger partial charge in [-0.15, -0.1) is 11.8 Å². The van der Waals surface area contributed by atoms with Crippen LogP contribution in [0.3, 0.4) is 0 Å². The van der Waals surface area contributed by atoms with Crippen molar-refractivity contribution < 1.29 is 9.53 Å². The van der Waals surface area contributed by atoms with Gasteiger partial charge in [0.25, 0.3) is 0 Å². The number of rotatable bonds is 4. The van der Waals surface area contributed by atoms with Crippen molar-refractivity contribution in [2.75, 3.05) is 12.9 Å². The molecule has 88 valence electrons. The lowest BCUT2D eigenvalue weighted by Crippen LogP contribution is -2.31. The molecular formula is C13H18O2S. The van der Waals surface area contributed by atoms with E-state index < -0.39 is 5.41 Å². The minimum Gasteiger partial charge on any atom is -0.465 e. The Kier molecular flexibility index (Phi) is 4.42. The van der Waals surface area contributed by atoms with Crippen LogP contribution >= 0.6 is 11.8 Å². The largest absolute Gasteiger partial charge is 0.465 e. The molecule has 0 atom stereocenters. The Balaban J connectivity index is 3.10. The van der Waals surface area contributed by atoms with Gasteiger partial charge in [-0.3, -0.25) is 4.79 Å². The van der Waals surface area contributed by atoms with E-state index in [0.29, 0.717) is 6.61 Å². The quantitative estimate of drug-likeness (QED) is 0.595. The van der Waals surface area contributed by atoms with Gasteiger partial charge in [0.05, 0.1) is 12.0 Å². The third-order valence-electron chi connectivity index (χ3n) is 2.57. The van der Waals surface area contributed by atoms with Gasteiger partial charge in [0.15, 0.2) is 0 Å². The summed E-state index contributed by atoms with van der Waals surface area (Å²) in [5, 5.41) is 0. The first-order valence-electron chi connectivity index (χ1n) is 5.34. The molecule has 0 aliphatic heterocycles. The molecule has 0 fully saturated rings. The van der Waals surface area contributed by atoms with E-state index >= 15 is 0 Å². The molecule has 2 nitrogen and oxygen atoms in total.